The van der Waals surface area contributed by atoms with E-state index in [0.717, 1.165) is 34.4 Å². The predicted molar refractivity (Wildman–Crippen MR) is 112 cm³/mol. The fraction of sp³-hybridized carbons (Fsp3) is 0.391. The summed E-state index contributed by atoms with van der Waals surface area (Å²) in [5, 5.41) is 51.8. The minimum Gasteiger partial charge on any atom is -0.493 e. The van der Waals surface area contributed by atoms with E-state index in [-0.39, 0.29) is 5.75 Å². The van der Waals surface area contributed by atoms with Crippen molar-refractivity contribution in [3.05, 3.63) is 59.3 Å². The van der Waals surface area contributed by atoms with Crippen molar-refractivity contribution >= 4 is 10.9 Å². The number of hydrogen-bond donors (Lipinski definition) is 6. The van der Waals surface area contributed by atoms with Crippen LogP contribution >= 0.6 is 0 Å². The van der Waals surface area contributed by atoms with Gasteiger partial charge in [-0.15, -0.1) is 0 Å². The Bertz CT molecular complexity index is 1130. The van der Waals surface area contributed by atoms with E-state index in [2.05, 4.69) is 11.1 Å². The van der Waals surface area contributed by atoms with Crippen LogP contribution in [0.5, 0.6) is 11.5 Å². The van der Waals surface area contributed by atoms with E-state index in [1.807, 2.05) is 24.4 Å². The van der Waals surface area contributed by atoms with Crippen molar-refractivity contribution in [2.75, 3.05) is 13.2 Å². The first-order valence-corrected chi connectivity index (χ1v) is 10.5. The molecule has 3 heterocycles. The monoisotopic (exact) mass is 443 g/mol. The molecule has 6 N–H and O–H groups in total. The largest absolute Gasteiger partial charge is 0.493 e. The van der Waals surface area contributed by atoms with Gasteiger partial charge in [-0.3, -0.25) is 0 Å². The smallest absolute Gasteiger partial charge is 0.288 e. The summed E-state index contributed by atoms with van der Waals surface area (Å²) in [7, 11) is 0. The number of aromatic nitrogens is 1. The first-order chi connectivity index (χ1) is 15.4. The summed E-state index contributed by atoms with van der Waals surface area (Å²) in [5.74, 6) is -1.54. The number of aromatic amines is 1. The van der Waals surface area contributed by atoms with Crippen LogP contribution in [-0.2, 0) is 17.6 Å². The number of aliphatic hydroxyl groups is 5. The Morgan fingerprint density at radius 1 is 1.16 bits per heavy atom. The van der Waals surface area contributed by atoms with Crippen LogP contribution in [0.2, 0.25) is 0 Å². The molecule has 170 valence electrons. The summed E-state index contributed by atoms with van der Waals surface area (Å²) in [6, 6.07) is 11.2. The lowest BCUT2D eigenvalue weighted by Gasteiger charge is -2.45. The van der Waals surface area contributed by atoms with Crippen LogP contribution in [0.25, 0.3) is 10.9 Å². The number of ether oxygens (including phenoxy) is 3. The predicted octanol–water partition coefficient (Wildman–Crippen LogP) is 0.192. The molecule has 0 amide bonds. The molecule has 3 aromatic rings. The summed E-state index contributed by atoms with van der Waals surface area (Å²) in [5.41, 5.74) is 3.85. The maximum atomic E-state index is 10.9. The average Bonchev–Trinajstić information content (AvgIpc) is 3.42. The highest BCUT2D eigenvalue weighted by Gasteiger charge is 2.57. The first kappa shape index (κ1) is 21.2. The summed E-state index contributed by atoms with van der Waals surface area (Å²) in [4.78, 5) is 3.17. The third-order valence-electron chi connectivity index (χ3n) is 6.14. The molecule has 5 rings (SSSR count). The molecule has 0 bridgehead atoms. The Morgan fingerprint density at radius 3 is 2.81 bits per heavy atom. The molecule has 2 aliphatic heterocycles. The Kier molecular flexibility index (Phi) is 5.32. The van der Waals surface area contributed by atoms with Crippen molar-refractivity contribution in [1.29, 1.82) is 0 Å². The molecule has 5 atom stereocenters. The molecule has 32 heavy (non-hydrogen) atoms. The summed E-state index contributed by atoms with van der Waals surface area (Å²) < 4.78 is 16.3. The van der Waals surface area contributed by atoms with E-state index >= 15 is 0 Å². The molecule has 1 saturated heterocycles. The fourth-order valence-electron chi connectivity index (χ4n) is 4.39. The van der Waals surface area contributed by atoms with Crippen LogP contribution < -0.4 is 9.47 Å². The van der Waals surface area contributed by atoms with Crippen LogP contribution in [0, 0.1) is 0 Å². The Morgan fingerprint density at radius 2 is 2.00 bits per heavy atom. The molecule has 1 aromatic heterocycles. The van der Waals surface area contributed by atoms with Crippen molar-refractivity contribution in [1.82, 2.24) is 4.98 Å². The molecule has 1 fully saturated rings. The van der Waals surface area contributed by atoms with Gasteiger partial charge in [0.2, 0.25) is 6.29 Å². The zero-order valence-corrected chi connectivity index (χ0v) is 17.1. The Labute approximate surface area is 183 Å². The van der Waals surface area contributed by atoms with Crippen LogP contribution in [0.15, 0.2) is 42.6 Å². The number of rotatable bonds is 5. The van der Waals surface area contributed by atoms with Crippen LogP contribution in [0.1, 0.15) is 16.7 Å². The third kappa shape index (κ3) is 3.43. The van der Waals surface area contributed by atoms with Gasteiger partial charge in [-0.05, 0) is 41.3 Å². The second kappa shape index (κ2) is 8.04. The van der Waals surface area contributed by atoms with Gasteiger partial charge in [0.05, 0.1) is 13.2 Å². The van der Waals surface area contributed by atoms with Gasteiger partial charge in [-0.1, -0.05) is 18.2 Å². The second-order valence-corrected chi connectivity index (χ2v) is 8.21. The highest BCUT2D eigenvalue weighted by molar-refractivity contribution is 5.89. The first-order valence-electron chi connectivity index (χ1n) is 10.5. The average molecular weight is 443 g/mol. The van der Waals surface area contributed by atoms with E-state index in [0.29, 0.717) is 18.4 Å². The van der Waals surface area contributed by atoms with E-state index in [1.165, 1.54) is 0 Å². The second-order valence-electron chi connectivity index (χ2n) is 8.21. The van der Waals surface area contributed by atoms with E-state index in [4.69, 9.17) is 14.2 Å². The number of hydrogen-bond acceptors (Lipinski definition) is 8. The molecule has 9 heteroatoms. The van der Waals surface area contributed by atoms with Crippen LogP contribution in [0.3, 0.4) is 0 Å². The Balaban J connectivity index is 1.48. The number of H-pyrrole nitrogens is 1. The molecule has 0 unspecified atom stereocenters. The number of benzene rings is 2. The van der Waals surface area contributed by atoms with Gasteiger partial charge in [-0.2, -0.15) is 0 Å². The number of aliphatic hydroxyl groups excluding tert-OH is 4. The maximum Gasteiger partial charge on any atom is 0.288 e. The van der Waals surface area contributed by atoms with Crippen molar-refractivity contribution in [3.8, 4) is 11.5 Å². The van der Waals surface area contributed by atoms with Crippen molar-refractivity contribution < 1.29 is 39.7 Å². The van der Waals surface area contributed by atoms with Crippen molar-refractivity contribution in [2.24, 2.45) is 0 Å². The van der Waals surface area contributed by atoms with Gasteiger partial charge < -0.3 is 44.7 Å². The zero-order valence-electron chi connectivity index (χ0n) is 17.1. The number of nitrogens with one attached hydrogen (secondary N) is 1. The highest BCUT2D eigenvalue weighted by atomic mass is 16.7. The molecular weight excluding hydrogens is 418 g/mol. The molecule has 0 saturated carbocycles. The maximum absolute atomic E-state index is 10.9. The molecule has 2 aromatic carbocycles. The minimum atomic E-state index is -2.64. The summed E-state index contributed by atoms with van der Waals surface area (Å²) in [6.07, 6.45) is -3.55. The molecule has 9 nitrogen and oxygen atoms in total. The Hall–Kier alpha value is -2.66. The van der Waals surface area contributed by atoms with Gasteiger partial charge in [0.25, 0.3) is 5.79 Å². The lowest BCUT2D eigenvalue weighted by atomic mass is 9.95. The molecule has 0 spiro atoms. The highest BCUT2D eigenvalue weighted by Crippen LogP contribution is 2.37. The van der Waals surface area contributed by atoms with Gasteiger partial charge in [0.15, 0.2) is 6.10 Å². The van der Waals surface area contributed by atoms with Gasteiger partial charge >= 0.3 is 0 Å². The zero-order chi connectivity index (χ0) is 22.5. The SMILES string of the molecule is OC[C@H]1O[C@@H](O)[C@@](O)(Oc2cccc3[nH]cc(Cc4ccc5c(c4)CCO5)c23)[C@@H](O)[C@@H]1O. The van der Waals surface area contributed by atoms with Gasteiger partial charge in [-0.25, -0.2) is 0 Å². The summed E-state index contributed by atoms with van der Waals surface area (Å²) >= 11 is 0. The standard InChI is InChI=1S/C23H25NO8/c25-11-18-20(26)21(27)23(29,22(28)31-18)32-17-3-1-2-15-19(17)14(10-24-15)9-12-4-5-16-13(8-12)6-7-30-16/h1-5,8,10,18,20-22,24-29H,6-7,9,11H2/t18-,20-,21+,22-,23+/m1/s1. The molecular formula is C23H25NO8. The quantitative estimate of drug-likeness (QED) is 0.307. The van der Waals surface area contributed by atoms with Crippen molar-refractivity contribution in [3.63, 3.8) is 0 Å². The normalized spacial score (nSPS) is 29.7. The fourth-order valence-corrected chi connectivity index (χ4v) is 4.39. The molecule has 0 radical (unpaired) electrons. The van der Waals surface area contributed by atoms with E-state index in [9.17, 15) is 25.5 Å². The minimum absolute atomic E-state index is 0.196. The topological polar surface area (TPSA) is 145 Å². The molecule has 0 aliphatic carbocycles. The van der Waals surface area contributed by atoms with E-state index < -0.39 is 37.0 Å². The van der Waals surface area contributed by atoms with Gasteiger partial charge in [0.1, 0.15) is 23.7 Å². The number of fused-ring (bicyclic) bond motifs is 2. The van der Waals surface area contributed by atoms with E-state index in [1.54, 1.807) is 12.1 Å². The van der Waals surface area contributed by atoms with Crippen molar-refractivity contribution in [2.45, 2.75) is 43.2 Å². The van der Waals surface area contributed by atoms with Gasteiger partial charge in [0, 0.05) is 23.5 Å². The summed E-state index contributed by atoms with van der Waals surface area (Å²) in [6.45, 7) is 0.0346. The molecule has 2 aliphatic rings. The lowest BCUT2D eigenvalue weighted by molar-refractivity contribution is -0.385. The third-order valence-corrected chi connectivity index (χ3v) is 6.14. The van der Waals surface area contributed by atoms with Crippen LogP contribution in [0.4, 0.5) is 0 Å². The lowest BCUT2D eigenvalue weighted by Crippen LogP contribution is -2.69. The van der Waals surface area contributed by atoms with Crippen LogP contribution in [-0.4, -0.2) is 74.1 Å².